The molecule has 70 valence electrons. The Balaban J connectivity index is 2.12. The van der Waals surface area contributed by atoms with Crippen molar-refractivity contribution in [2.75, 3.05) is 6.61 Å². The molecule has 0 bridgehead atoms. The second kappa shape index (κ2) is 3.85. The normalized spacial score (nSPS) is 19.0. The van der Waals surface area contributed by atoms with E-state index < -0.39 is 0 Å². The molecule has 0 spiro atoms. The Labute approximate surface area is 80.6 Å². The summed E-state index contributed by atoms with van der Waals surface area (Å²) in [5.74, 6) is 0.832. The van der Waals surface area contributed by atoms with Gasteiger partial charge in [-0.15, -0.1) is 5.10 Å². The molecule has 0 fully saturated rings. The van der Waals surface area contributed by atoms with Crippen molar-refractivity contribution in [2.24, 2.45) is 5.73 Å². The van der Waals surface area contributed by atoms with E-state index in [2.05, 4.69) is 9.59 Å². The molecule has 1 unspecified atom stereocenters. The second-order valence-electron chi connectivity index (χ2n) is 2.90. The van der Waals surface area contributed by atoms with Gasteiger partial charge >= 0.3 is 0 Å². The van der Waals surface area contributed by atoms with Crippen LogP contribution in [0.5, 0.6) is 0 Å². The first kappa shape index (κ1) is 8.65. The summed E-state index contributed by atoms with van der Waals surface area (Å²) in [5.41, 5.74) is 6.72. The monoisotopic (exact) mass is 197 g/mol. The smallest absolute Gasteiger partial charge is 0.115 e. The van der Waals surface area contributed by atoms with Gasteiger partial charge in [-0.05, 0) is 30.5 Å². The number of hydrogen-bond acceptors (Lipinski definition) is 5. The molecule has 2 rings (SSSR count). The highest BCUT2D eigenvalue weighted by Crippen LogP contribution is 2.22. The zero-order valence-electron chi connectivity index (χ0n) is 7.14. The van der Waals surface area contributed by atoms with Crippen molar-refractivity contribution in [3.05, 3.63) is 22.9 Å². The molecule has 2 N–H and O–H groups in total. The summed E-state index contributed by atoms with van der Waals surface area (Å²) in [4.78, 5) is 0. The molecule has 4 nitrogen and oxygen atoms in total. The predicted octanol–water partition coefficient (Wildman–Crippen LogP) is 1.23. The minimum Gasteiger partial charge on any atom is -0.496 e. The summed E-state index contributed by atoms with van der Waals surface area (Å²) in [7, 11) is 0. The van der Waals surface area contributed by atoms with E-state index in [0.717, 1.165) is 30.9 Å². The van der Waals surface area contributed by atoms with E-state index in [4.69, 9.17) is 10.5 Å². The molecular weight excluding hydrogens is 186 g/mol. The SMILES string of the molecule is NC(C1=CCCCO1)c1csnn1. The van der Waals surface area contributed by atoms with Crippen molar-refractivity contribution in [1.82, 2.24) is 9.59 Å². The fourth-order valence-electron chi connectivity index (χ4n) is 1.25. The lowest BCUT2D eigenvalue weighted by atomic mass is 10.1. The highest BCUT2D eigenvalue weighted by atomic mass is 32.1. The van der Waals surface area contributed by atoms with E-state index in [1.54, 1.807) is 0 Å². The van der Waals surface area contributed by atoms with Gasteiger partial charge in [0.2, 0.25) is 0 Å². The first-order valence-corrected chi connectivity index (χ1v) is 5.07. The summed E-state index contributed by atoms with van der Waals surface area (Å²) < 4.78 is 9.20. The van der Waals surface area contributed by atoms with Crippen molar-refractivity contribution in [2.45, 2.75) is 18.9 Å². The molecule has 2 heterocycles. The van der Waals surface area contributed by atoms with Crippen LogP contribution in [0.25, 0.3) is 0 Å². The molecule has 0 saturated carbocycles. The largest absolute Gasteiger partial charge is 0.496 e. The van der Waals surface area contributed by atoms with Crippen LogP contribution in [-0.4, -0.2) is 16.2 Å². The van der Waals surface area contributed by atoms with Gasteiger partial charge in [0, 0.05) is 5.38 Å². The lowest BCUT2D eigenvalue weighted by molar-refractivity contribution is 0.175. The van der Waals surface area contributed by atoms with Crippen LogP contribution in [0.2, 0.25) is 0 Å². The van der Waals surface area contributed by atoms with Gasteiger partial charge in [0.25, 0.3) is 0 Å². The lowest BCUT2D eigenvalue weighted by Gasteiger charge is -2.18. The van der Waals surface area contributed by atoms with Crippen molar-refractivity contribution in [3.63, 3.8) is 0 Å². The minimum atomic E-state index is -0.237. The number of rotatable bonds is 2. The Morgan fingerprint density at radius 2 is 2.54 bits per heavy atom. The zero-order valence-corrected chi connectivity index (χ0v) is 7.96. The number of aromatic nitrogens is 2. The van der Waals surface area contributed by atoms with E-state index in [9.17, 15) is 0 Å². The fourth-order valence-corrected chi connectivity index (χ4v) is 1.74. The third-order valence-electron chi connectivity index (χ3n) is 1.96. The average molecular weight is 197 g/mol. The van der Waals surface area contributed by atoms with Gasteiger partial charge in [-0.2, -0.15) is 0 Å². The molecule has 0 aliphatic carbocycles. The van der Waals surface area contributed by atoms with Crippen LogP contribution in [0.3, 0.4) is 0 Å². The van der Waals surface area contributed by atoms with Crippen LogP contribution >= 0.6 is 11.5 Å². The Bertz CT molecular complexity index is 296. The van der Waals surface area contributed by atoms with Gasteiger partial charge in [-0.25, -0.2) is 0 Å². The van der Waals surface area contributed by atoms with Crippen LogP contribution in [0.4, 0.5) is 0 Å². The third kappa shape index (κ3) is 1.87. The van der Waals surface area contributed by atoms with Gasteiger partial charge in [0.05, 0.1) is 12.3 Å². The summed E-state index contributed by atoms with van der Waals surface area (Å²) >= 11 is 1.31. The molecular formula is C8H11N3OS. The Kier molecular flexibility index (Phi) is 2.56. The first-order valence-electron chi connectivity index (χ1n) is 4.23. The Morgan fingerprint density at radius 1 is 1.62 bits per heavy atom. The van der Waals surface area contributed by atoms with Crippen molar-refractivity contribution >= 4 is 11.5 Å². The lowest BCUT2D eigenvalue weighted by Crippen LogP contribution is -2.18. The molecule has 1 aliphatic heterocycles. The molecule has 1 atom stereocenters. The quantitative estimate of drug-likeness (QED) is 0.774. The van der Waals surface area contributed by atoms with Gasteiger partial charge in [0.15, 0.2) is 0 Å². The van der Waals surface area contributed by atoms with Gasteiger partial charge in [-0.1, -0.05) is 4.49 Å². The summed E-state index contributed by atoms with van der Waals surface area (Å²) in [6, 6.07) is -0.237. The van der Waals surface area contributed by atoms with Crippen molar-refractivity contribution in [3.8, 4) is 0 Å². The second-order valence-corrected chi connectivity index (χ2v) is 3.51. The molecule has 0 radical (unpaired) electrons. The van der Waals surface area contributed by atoms with E-state index in [1.807, 2.05) is 11.5 Å². The van der Waals surface area contributed by atoms with Crippen LogP contribution in [0.1, 0.15) is 24.6 Å². The zero-order chi connectivity index (χ0) is 9.10. The van der Waals surface area contributed by atoms with Crippen LogP contribution < -0.4 is 5.73 Å². The molecule has 0 amide bonds. The summed E-state index contributed by atoms with van der Waals surface area (Å²) in [6.45, 7) is 0.761. The fraction of sp³-hybridized carbons (Fsp3) is 0.500. The van der Waals surface area contributed by atoms with Crippen LogP contribution in [0.15, 0.2) is 17.2 Å². The maximum absolute atomic E-state index is 5.93. The van der Waals surface area contributed by atoms with E-state index in [-0.39, 0.29) is 6.04 Å². The van der Waals surface area contributed by atoms with E-state index in [1.165, 1.54) is 11.5 Å². The van der Waals surface area contributed by atoms with Gasteiger partial charge < -0.3 is 10.5 Å². The molecule has 5 heteroatoms. The highest BCUT2D eigenvalue weighted by molar-refractivity contribution is 7.03. The van der Waals surface area contributed by atoms with E-state index in [0.29, 0.717) is 0 Å². The minimum absolute atomic E-state index is 0.237. The number of ether oxygens (including phenoxy) is 1. The predicted molar refractivity (Wildman–Crippen MR) is 50.1 cm³/mol. The first-order chi connectivity index (χ1) is 6.38. The van der Waals surface area contributed by atoms with E-state index >= 15 is 0 Å². The number of nitrogens with zero attached hydrogens (tertiary/aromatic N) is 2. The molecule has 13 heavy (non-hydrogen) atoms. The topological polar surface area (TPSA) is 61.0 Å². The third-order valence-corrected chi connectivity index (χ3v) is 2.49. The Hall–Kier alpha value is -0.940. The maximum Gasteiger partial charge on any atom is 0.115 e. The molecule has 0 aromatic carbocycles. The van der Waals surface area contributed by atoms with Crippen molar-refractivity contribution in [1.29, 1.82) is 0 Å². The summed E-state index contributed by atoms with van der Waals surface area (Å²) in [6.07, 6.45) is 4.15. The van der Waals surface area contributed by atoms with Gasteiger partial charge in [-0.3, -0.25) is 0 Å². The van der Waals surface area contributed by atoms with Gasteiger partial charge in [0.1, 0.15) is 11.8 Å². The molecule has 0 saturated heterocycles. The number of hydrogen-bond donors (Lipinski definition) is 1. The average Bonchev–Trinajstić information content (AvgIpc) is 2.71. The standard InChI is InChI=1S/C8H11N3OS/c9-8(6-5-13-11-10-6)7-3-1-2-4-12-7/h3,5,8H,1-2,4,9H2. The molecule has 1 aliphatic rings. The number of allylic oxidation sites excluding steroid dienone is 1. The van der Waals surface area contributed by atoms with Crippen LogP contribution in [0, 0.1) is 0 Å². The molecule has 1 aromatic rings. The Morgan fingerprint density at radius 3 is 3.15 bits per heavy atom. The maximum atomic E-state index is 5.93. The van der Waals surface area contributed by atoms with Crippen LogP contribution in [-0.2, 0) is 4.74 Å². The highest BCUT2D eigenvalue weighted by Gasteiger charge is 2.17. The number of nitrogens with two attached hydrogens (primary N) is 1. The van der Waals surface area contributed by atoms with Crippen molar-refractivity contribution < 1.29 is 4.74 Å². The summed E-state index contributed by atoms with van der Waals surface area (Å²) in [5, 5.41) is 5.76. The molecule has 1 aromatic heterocycles.